The third kappa shape index (κ3) is 5.17. The summed E-state index contributed by atoms with van der Waals surface area (Å²) < 4.78 is 22.2. The van der Waals surface area contributed by atoms with Crippen LogP contribution in [0.25, 0.3) is 0 Å². The summed E-state index contributed by atoms with van der Waals surface area (Å²) in [6, 6.07) is 0. The number of amides is 2. The average Bonchev–Trinajstić information content (AvgIpc) is 2.84. The fourth-order valence-electron chi connectivity index (χ4n) is 3.17. The number of unbranched alkanes of at least 4 members (excludes halogenated alkanes) is 7. The van der Waals surface area contributed by atoms with E-state index in [2.05, 4.69) is 6.92 Å². The molecule has 0 aromatic heterocycles. The van der Waals surface area contributed by atoms with Crippen LogP contribution in [0, 0.1) is 0 Å². The van der Waals surface area contributed by atoms with E-state index in [9.17, 15) is 28.4 Å². The Hall–Kier alpha value is -1.20. The molecule has 0 saturated carbocycles. The number of nitrogens with zero attached hydrogens (tertiary/aromatic N) is 2. The van der Waals surface area contributed by atoms with E-state index in [1.54, 1.807) is 0 Å². The van der Waals surface area contributed by atoms with Crippen LogP contribution >= 0.6 is 0 Å². The molecule has 0 aromatic carbocycles. The molecule has 10 heteroatoms. The molecule has 26 heavy (non-hydrogen) atoms. The van der Waals surface area contributed by atoms with Crippen LogP contribution in [0.2, 0.25) is 0 Å². The average molecular weight is 391 g/mol. The molecule has 2 unspecified atom stereocenters. The Morgan fingerprint density at radius 1 is 1.19 bits per heavy atom. The highest BCUT2D eigenvalue weighted by Crippen LogP contribution is 2.32. The van der Waals surface area contributed by atoms with Gasteiger partial charge in [0.05, 0.1) is 13.0 Å². The second-order valence-electron chi connectivity index (χ2n) is 6.48. The lowest BCUT2D eigenvalue weighted by molar-refractivity contribution is -0.174. The molecule has 0 radical (unpaired) electrons. The fourth-order valence-corrected chi connectivity index (χ4v) is 3.97. The van der Waals surface area contributed by atoms with Crippen LogP contribution in [0.5, 0.6) is 0 Å². The van der Waals surface area contributed by atoms with Crippen molar-refractivity contribution in [2.75, 3.05) is 13.1 Å². The lowest BCUT2D eigenvalue weighted by Gasteiger charge is -2.33. The van der Waals surface area contributed by atoms with Crippen molar-refractivity contribution in [3.05, 3.63) is 0 Å². The highest BCUT2D eigenvalue weighted by molar-refractivity contribution is 7.76. The van der Waals surface area contributed by atoms with E-state index < -0.39 is 47.4 Å². The lowest BCUT2D eigenvalue weighted by atomic mass is 9.91. The molecular formula is C16H29N3O6S. The van der Waals surface area contributed by atoms with E-state index in [0.717, 1.165) is 30.0 Å². The molecule has 9 nitrogen and oxygen atoms in total. The summed E-state index contributed by atoms with van der Waals surface area (Å²) in [5.74, 6) is -3.09. The summed E-state index contributed by atoms with van der Waals surface area (Å²) in [5, 5.41) is 9.36. The minimum absolute atomic E-state index is 0.0311. The number of carbonyl (C=O) groups excluding carboxylic acids is 3. The van der Waals surface area contributed by atoms with Crippen LogP contribution in [-0.2, 0) is 25.7 Å². The molecule has 0 bridgehead atoms. The zero-order valence-electron chi connectivity index (χ0n) is 15.2. The normalized spacial score (nSPS) is 21.7. The molecule has 0 spiro atoms. The number of ketones is 1. The van der Waals surface area contributed by atoms with E-state index >= 15 is 0 Å². The number of nitrogens with two attached hydrogens (primary N) is 1. The minimum Gasteiger partial charge on any atom is -0.324 e. The number of rotatable bonds is 13. The Morgan fingerprint density at radius 2 is 1.73 bits per heavy atom. The van der Waals surface area contributed by atoms with Crippen molar-refractivity contribution in [1.29, 1.82) is 0 Å². The number of hydrogen-bond acceptors (Lipinski definition) is 6. The molecule has 1 saturated heterocycles. The zero-order valence-corrected chi connectivity index (χ0v) is 16.0. The van der Waals surface area contributed by atoms with Gasteiger partial charge in [0.25, 0.3) is 11.8 Å². The Morgan fingerprint density at radius 3 is 2.15 bits per heavy atom. The number of hydroxylamine groups is 2. The molecule has 0 aromatic rings. The highest BCUT2D eigenvalue weighted by Gasteiger charge is 2.61. The van der Waals surface area contributed by atoms with Gasteiger partial charge in [0.1, 0.15) is 0 Å². The Bertz CT molecular complexity index is 544. The van der Waals surface area contributed by atoms with E-state index in [1.165, 1.54) is 19.3 Å². The van der Waals surface area contributed by atoms with E-state index in [-0.39, 0.29) is 11.6 Å². The maximum Gasteiger partial charge on any atom is 0.283 e. The summed E-state index contributed by atoms with van der Waals surface area (Å²) in [6.07, 6.45) is 7.22. The number of hydrogen-bond donors (Lipinski definition) is 3. The van der Waals surface area contributed by atoms with Gasteiger partial charge in [-0.05, 0) is 6.42 Å². The Balaban J connectivity index is 2.73. The predicted octanol–water partition coefficient (Wildman–Crippen LogP) is 0.981. The van der Waals surface area contributed by atoms with Gasteiger partial charge in [0, 0.05) is 6.54 Å². The van der Waals surface area contributed by atoms with Crippen molar-refractivity contribution in [2.45, 2.75) is 70.3 Å². The van der Waals surface area contributed by atoms with Gasteiger partial charge < -0.3 is 5.73 Å². The quantitative estimate of drug-likeness (QED) is 0.140. The van der Waals surface area contributed by atoms with Gasteiger partial charge in [-0.15, -0.1) is 0 Å². The van der Waals surface area contributed by atoms with Gasteiger partial charge in [0.15, 0.2) is 11.3 Å². The van der Waals surface area contributed by atoms with Crippen molar-refractivity contribution in [2.24, 2.45) is 5.73 Å². The van der Waals surface area contributed by atoms with Crippen molar-refractivity contribution in [3.8, 4) is 0 Å². The molecule has 2 amide bonds. The molecule has 1 heterocycles. The van der Waals surface area contributed by atoms with Gasteiger partial charge in [-0.1, -0.05) is 51.9 Å². The van der Waals surface area contributed by atoms with Crippen LogP contribution in [-0.4, -0.2) is 59.6 Å². The standard InChI is InChI=1S/C16H29N3O6S/c1-2-3-4-5-6-7-8-9-10-18(26(24)25)16(13(20)12-17)11-14(21)19(23)15(16)22/h23H,2-12,17H2,1H3,(H,24,25). The minimum atomic E-state index is -2.67. The van der Waals surface area contributed by atoms with Crippen LogP contribution in [0.3, 0.4) is 0 Å². The summed E-state index contributed by atoms with van der Waals surface area (Å²) in [4.78, 5) is 36.3. The number of carbonyl (C=O) groups is 3. The summed E-state index contributed by atoms with van der Waals surface area (Å²) >= 11 is -2.67. The second kappa shape index (κ2) is 10.8. The lowest BCUT2D eigenvalue weighted by Crippen LogP contribution is -2.61. The van der Waals surface area contributed by atoms with Gasteiger partial charge >= 0.3 is 0 Å². The molecule has 150 valence electrons. The monoisotopic (exact) mass is 391 g/mol. The molecule has 1 fully saturated rings. The van der Waals surface area contributed by atoms with Gasteiger partial charge in [-0.3, -0.25) is 24.1 Å². The molecule has 0 aliphatic carbocycles. The first-order valence-electron chi connectivity index (χ1n) is 9.01. The Labute approximate surface area is 156 Å². The van der Waals surface area contributed by atoms with Crippen molar-refractivity contribution in [3.63, 3.8) is 0 Å². The van der Waals surface area contributed by atoms with Crippen molar-refractivity contribution >= 4 is 28.9 Å². The molecule has 4 N–H and O–H groups in total. The van der Waals surface area contributed by atoms with E-state index in [0.29, 0.717) is 6.42 Å². The molecule has 1 aliphatic heterocycles. The van der Waals surface area contributed by atoms with Crippen LogP contribution < -0.4 is 5.73 Å². The summed E-state index contributed by atoms with van der Waals surface area (Å²) in [5.41, 5.74) is 3.13. The third-order valence-corrected chi connectivity index (χ3v) is 5.54. The number of Topliss-reactive ketones (excluding diaryl/α,β-unsaturated/α-hetero) is 1. The predicted molar refractivity (Wildman–Crippen MR) is 95.1 cm³/mol. The smallest absolute Gasteiger partial charge is 0.283 e. The first-order chi connectivity index (χ1) is 12.3. The molecule has 2 atom stereocenters. The summed E-state index contributed by atoms with van der Waals surface area (Å²) in [7, 11) is 0. The van der Waals surface area contributed by atoms with Crippen molar-refractivity contribution < 1.29 is 28.4 Å². The van der Waals surface area contributed by atoms with E-state index in [4.69, 9.17) is 5.73 Å². The highest BCUT2D eigenvalue weighted by atomic mass is 32.2. The number of imide groups is 1. The summed E-state index contributed by atoms with van der Waals surface area (Å²) in [6.45, 7) is 1.53. The van der Waals surface area contributed by atoms with Crippen LogP contribution in [0.1, 0.15) is 64.7 Å². The molecule has 1 aliphatic rings. The SMILES string of the molecule is CCCCCCCCCCN(S(=O)O)C1(C(=O)CN)CC(=O)N(O)C1=O. The Kier molecular flexibility index (Phi) is 9.51. The third-order valence-electron chi connectivity index (χ3n) is 4.67. The maximum absolute atomic E-state index is 12.3. The second-order valence-corrected chi connectivity index (χ2v) is 7.38. The first-order valence-corrected chi connectivity index (χ1v) is 10.1. The van der Waals surface area contributed by atoms with E-state index in [1.807, 2.05) is 0 Å². The largest absolute Gasteiger partial charge is 0.324 e. The van der Waals surface area contributed by atoms with Gasteiger partial charge in [-0.2, -0.15) is 9.37 Å². The van der Waals surface area contributed by atoms with Gasteiger partial charge in [-0.25, -0.2) is 4.21 Å². The molecular weight excluding hydrogens is 362 g/mol. The zero-order chi connectivity index (χ0) is 19.7. The molecule has 1 rings (SSSR count). The first kappa shape index (κ1) is 22.8. The van der Waals surface area contributed by atoms with Crippen molar-refractivity contribution in [1.82, 2.24) is 9.37 Å². The fraction of sp³-hybridized carbons (Fsp3) is 0.812. The van der Waals surface area contributed by atoms with Gasteiger partial charge in [0.2, 0.25) is 11.3 Å². The van der Waals surface area contributed by atoms with Crippen LogP contribution in [0.15, 0.2) is 0 Å². The maximum atomic E-state index is 12.3. The topological polar surface area (TPSA) is 141 Å². The van der Waals surface area contributed by atoms with Crippen LogP contribution in [0.4, 0.5) is 0 Å².